The maximum absolute atomic E-state index is 12.3. The first-order valence-corrected chi connectivity index (χ1v) is 12.6. The zero-order valence-corrected chi connectivity index (χ0v) is 18.1. The summed E-state index contributed by atoms with van der Waals surface area (Å²) in [7, 11) is -3.07. The summed E-state index contributed by atoms with van der Waals surface area (Å²) in [4.78, 5) is 18.5. The van der Waals surface area contributed by atoms with E-state index in [-0.39, 0.29) is 28.7 Å². The number of carbonyl (C=O) groups is 1. The van der Waals surface area contributed by atoms with Crippen molar-refractivity contribution in [2.24, 2.45) is 4.99 Å². The number of amidine groups is 1. The van der Waals surface area contributed by atoms with Gasteiger partial charge in [-0.3, -0.25) is 4.79 Å². The second-order valence-corrected chi connectivity index (χ2v) is 10.6. The van der Waals surface area contributed by atoms with E-state index in [4.69, 9.17) is 4.74 Å². The average Bonchev–Trinajstić information content (AvgIpc) is 3.11. The molecule has 6 nitrogen and oxygen atoms in total. The third-order valence-corrected chi connectivity index (χ3v) is 8.10. The molecule has 1 aromatic rings. The Kier molecular flexibility index (Phi) is 7.04. The molecular formula is C20H28N2O4S2. The van der Waals surface area contributed by atoms with Crippen molar-refractivity contribution in [1.82, 2.24) is 0 Å². The molecule has 0 bridgehead atoms. The van der Waals surface area contributed by atoms with Crippen molar-refractivity contribution in [2.75, 3.05) is 23.0 Å². The Hall–Kier alpha value is -1.54. The molecule has 0 radical (unpaired) electrons. The molecule has 1 aromatic carbocycles. The fourth-order valence-electron chi connectivity index (χ4n) is 3.41. The highest BCUT2D eigenvalue weighted by molar-refractivity contribution is 8.16. The van der Waals surface area contributed by atoms with Crippen LogP contribution in [0.4, 0.5) is 5.69 Å². The smallest absolute Gasteiger partial charge is 0.248 e. The van der Waals surface area contributed by atoms with E-state index in [0.717, 1.165) is 37.1 Å². The minimum absolute atomic E-state index is 0.0904. The highest BCUT2D eigenvalue weighted by Gasteiger charge is 2.49. The van der Waals surface area contributed by atoms with E-state index in [1.165, 1.54) is 11.8 Å². The van der Waals surface area contributed by atoms with Crippen LogP contribution in [0.2, 0.25) is 0 Å². The van der Waals surface area contributed by atoms with E-state index in [0.29, 0.717) is 18.2 Å². The Morgan fingerprint density at radius 3 is 2.79 bits per heavy atom. The van der Waals surface area contributed by atoms with Crippen LogP contribution >= 0.6 is 11.8 Å². The van der Waals surface area contributed by atoms with Gasteiger partial charge < -0.3 is 9.64 Å². The van der Waals surface area contributed by atoms with Crippen LogP contribution in [-0.4, -0.2) is 48.9 Å². The van der Waals surface area contributed by atoms with Gasteiger partial charge in [0.1, 0.15) is 5.75 Å². The van der Waals surface area contributed by atoms with Crippen molar-refractivity contribution in [2.45, 2.75) is 57.2 Å². The second-order valence-electron chi connectivity index (χ2n) is 7.26. The third-order valence-electron chi connectivity index (χ3n) is 4.89. The second kappa shape index (κ2) is 9.31. The Labute approximate surface area is 171 Å². The number of ether oxygens (including phenoxy) is 1. The molecule has 154 valence electrons. The minimum atomic E-state index is -3.07. The largest absolute Gasteiger partial charge is 0.494 e. The molecule has 1 amide bonds. The van der Waals surface area contributed by atoms with E-state index in [1.54, 1.807) is 0 Å². The standard InChI is InChI=1S/C20H28N2O4S2/c1-3-5-10-19(23)21-20-22(17-13-28(24,25)14-18(17)27-20)15-8-7-9-16(12-15)26-11-6-4-2/h7-9,12,17-18H,3-6,10-11,13-14H2,1-2H3/t17-,18+/m0/s1. The molecule has 2 saturated heterocycles. The predicted octanol–water partition coefficient (Wildman–Crippen LogP) is 3.66. The Morgan fingerprint density at radius 1 is 1.25 bits per heavy atom. The van der Waals surface area contributed by atoms with E-state index < -0.39 is 9.84 Å². The number of unbranched alkanes of at least 4 members (excludes halogenated alkanes) is 2. The average molecular weight is 425 g/mol. The molecule has 2 aliphatic rings. The predicted molar refractivity (Wildman–Crippen MR) is 115 cm³/mol. The summed E-state index contributed by atoms with van der Waals surface area (Å²) < 4.78 is 30.1. The fourth-order valence-corrected chi connectivity index (χ4v) is 7.35. The number of sulfone groups is 1. The number of hydrogen-bond donors (Lipinski definition) is 0. The van der Waals surface area contributed by atoms with E-state index in [1.807, 2.05) is 36.1 Å². The highest BCUT2D eigenvalue weighted by Crippen LogP contribution is 2.41. The monoisotopic (exact) mass is 424 g/mol. The molecule has 0 unspecified atom stereocenters. The molecule has 28 heavy (non-hydrogen) atoms. The quantitative estimate of drug-likeness (QED) is 0.593. The topological polar surface area (TPSA) is 76.0 Å². The first-order valence-electron chi connectivity index (χ1n) is 9.94. The number of carbonyl (C=O) groups excluding carboxylic acids is 1. The number of aliphatic imine (C=N–C) groups is 1. The molecule has 8 heteroatoms. The van der Waals surface area contributed by atoms with Crippen LogP contribution in [0.1, 0.15) is 46.0 Å². The number of hydrogen-bond acceptors (Lipinski definition) is 5. The number of rotatable bonds is 8. The normalized spacial score (nSPS) is 24.5. The van der Waals surface area contributed by atoms with E-state index >= 15 is 0 Å². The van der Waals surface area contributed by atoms with Crippen molar-refractivity contribution in [3.05, 3.63) is 24.3 Å². The Balaban J connectivity index is 1.87. The molecule has 3 rings (SSSR count). The highest BCUT2D eigenvalue weighted by atomic mass is 32.2. The van der Waals surface area contributed by atoms with Gasteiger partial charge in [0.2, 0.25) is 5.91 Å². The maximum Gasteiger partial charge on any atom is 0.248 e. The van der Waals surface area contributed by atoms with E-state index in [2.05, 4.69) is 11.9 Å². The number of benzene rings is 1. The first kappa shape index (κ1) is 21.2. The van der Waals surface area contributed by atoms with Crippen LogP contribution in [-0.2, 0) is 14.6 Å². The van der Waals surface area contributed by atoms with Crippen LogP contribution in [0.3, 0.4) is 0 Å². The van der Waals surface area contributed by atoms with Crippen molar-refractivity contribution in [3.8, 4) is 5.75 Å². The Morgan fingerprint density at radius 2 is 2.04 bits per heavy atom. The Bertz CT molecular complexity index is 838. The van der Waals surface area contributed by atoms with Gasteiger partial charge in [-0.25, -0.2) is 8.42 Å². The van der Waals surface area contributed by atoms with Gasteiger partial charge in [-0.05, 0) is 25.0 Å². The van der Waals surface area contributed by atoms with Crippen molar-refractivity contribution < 1.29 is 17.9 Å². The lowest BCUT2D eigenvalue weighted by Gasteiger charge is -2.25. The van der Waals surface area contributed by atoms with Gasteiger partial charge >= 0.3 is 0 Å². The summed E-state index contributed by atoms with van der Waals surface area (Å²) in [6, 6.07) is 7.43. The van der Waals surface area contributed by atoms with Gasteiger partial charge in [-0.2, -0.15) is 4.99 Å². The molecule has 0 saturated carbocycles. The van der Waals surface area contributed by atoms with Gasteiger partial charge in [0.25, 0.3) is 0 Å². The maximum atomic E-state index is 12.3. The van der Waals surface area contributed by atoms with E-state index in [9.17, 15) is 13.2 Å². The molecule has 0 aliphatic carbocycles. The number of anilines is 1. The van der Waals surface area contributed by atoms with Gasteiger partial charge in [0, 0.05) is 23.4 Å². The lowest BCUT2D eigenvalue weighted by molar-refractivity contribution is -0.117. The lowest BCUT2D eigenvalue weighted by Crippen LogP contribution is -2.37. The van der Waals surface area contributed by atoms with Gasteiger partial charge in [-0.15, -0.1) is 0 Å². The summed E-state index contributed by atoms with van der Waals surface area (Å²) in [6.07, 6.45) is 4.20. The number of thioether (sulfide) groups is 1. The SMILES string of the molecule is CCCCOc1cccc(N2C(=NC(=O)CCCC)S[C@@H]3CS(=O)(=O)C[C@@H]32)c1. The minimum Gasteiger partial charge on any atom is -0.494 e. The van der Waals surface area contributed by atoms with Crippen LogP contribution in [0.25, 0.3) is 0 Å². The van der Waals surface area contributed by atoms with Crippen molar-refractivity contribution >= 4 is 38.4 Å². The molecule has 2 fully saturated rings. The summed E-state index contributed by atoms with van der Waals surface area (Å²) in [5.41, 5.74) is 0.827. The molecule has 0 N–H and O–H groups in total. The van der Waals surface area contributed by atoms with Crippen LogP contribution in [0, 0.1) is 0 Å². The molecule has 2 atom stereocenters. The number of amides is 1. The number of fused-ring (bicyclic) bond motifs is 1. The van der Waals surface area contributed by atoms with Gasteiger partial charge in [0.05, 0.1) is 24.2 Å². The third kappa shape index (κ3) is 5.08. The van der Waals surface area contributed by atoms with Crippen LogP contribution < -0.4 is 9.64 Å². The summed E-state index contributed by atoms with van der Waals surface area (Å²) >= 11 is 1.41. The van der Waals surface area contributed by atoms with Crippen LogP contribution in [0.15, 0.2) is 29.3 Å². The van der Waals surface area contributed by atoms with Crippen molar-refractivity contribution in [1.29, 1.82) is 0 Å². The number of nitrogens with zero attached hydrogens (tertiary/aromatic N) is 2. The lowest BCUT2D eigenvalue weighted by atomic mass is 10.2. The zero-order chi connectivity index (χ0) is 20.1. The summed E-state index contributed by atoms with van der Waals surface area (Å²) in [5, 5.41) is 0.518. The summed E-state index contributed by atoms with van der Waals surface area (Å²) in [5.74, 6) is 0.825. The first-order chi connectivity index (χ1) is 13.4. The summed E-state index contributed by atoms with van der Waals surface area (Å²) in [6.45, 7) is 4.79. The van der Waals surface area contributed by atoms with Gasteiger partial charge in [-0.1, -0.05) is 44.5 Å². The van der Waals surface area contributed by atoms with Crippen LogP contribution in [0.5, 0.6) is 5.75 Å². The van der Waals surface area contributed by atoms with Crippen molar-refractivity contribution in [3.63, 3.8) is 0 Å². The zero-order valence-electron chi connectivity index (χ0n) is 16.5. The fraction of sp³-hybridized carbons (Fsp3) is 0.600. The molecule has 0 aromatic heterocycles. The molecule has 2 heterocycles. The molecule has 0 spiro atoms. The molecular weight excluding hydrogens is 396 g/mol. The molecule has 2 aliphatic heterocycles. The van der Waals surface area contributed by atoms with Gasteiger partial charge in [0.15, 0.2) is 15.0 Å².